The first-order valence-electron chi connectivity index (χ1n) is 6.66. The van der Waals surface area contributed by atoms with Gasteiger partial charge in [0.25, 0.3) is 0 Å². The van der Waals surface area contributed by atoms with Gasteiger partial charge in [0, 0.05) is 19.5 Å². The van der Waals surface area contributed by atoms with E-state index in [1.165, 1.54) is 0 Å². The first-order chi connectivity index (χ1) is 8.28. The van der Waals surface area contributed by atoms with Crippen molar-refractivity contribution in [1.29, 1.82) is 5.26 Å². The van der Waals surface area contributed by atoms with Gasteiger partial charge in [-0.15, -0.1) is 0 Å². The molecule has 0 aromatic rings. The Morgan fingerprint density at radius 3 is 2.44 bits per heavy atom. The molecule has 0 aliphatic heterocycles. The van der Waals surface area contributed by atoms with Crippen molar-refractivity contribution in [2.75, 3.05) is 13.1 Å². The number of nitrogens with one attached hydrogen (secondary N) is 2. The van der Waals surface area contributed by atoms with Gasteiger partial charge >= 0.3 is 0 Å². The summed E-state index contributed by atoms with van der Waals surface area (Å²) >= 11 is 0. The molecule has 0 fully saturated rings. The monoisotopic (exact) mass is 253 g/mol. The minimum absolute atomic E-state index is 0.0415. The number of carbonyl (C=O) groups is 1. The van der Waals surface area contributed by atoms with Crippen LogP contribution in [0.1, 0.15) is 47.5 Å². The zero-order chi connectivity index (χ0) is 14.2. The molecule has 0 bridgehead atoms. The highest BCUT2D eigenvalue weighted by molar-refractivity contribution is 5.81. The maximum absolute atomic E-state index is 11.8. The van der Waals surface area contributed by atoms with E-state index in [0.717, 1.165) is 13.0 Å². The van der Waals surface area contributed by atoms with Crippen molar-refractivity contribution < 1.29 is 4.79 Å². The number of amides is 1. The van der Waals surface area contributed by atoms with E-state index in [4.69, 9.17) is 5.26 Å². The lowest BCUT2D eigenvalue weighted by molar-refractivity contribution is -0.123. The molecule has 104 valence electrons. The van der Waals surface area contributed by atoms with Gasteiger partial charge in [-0.3, -0.25) is 4.79 Å². The molecule has 1 amide bonds. The zero-order valence-corrected chi connectivity index (χ0v) is 12.3. The average Bonchev–Trinajstić information content (AvgIpc) is 2.30. The number of carbonyl (C=O) groups excluding carboxylic acids is 1. The van der Waals surface area contributed by atoms with Gasteiger partial charge in [-0.25, -0.2) is 0 Å². The summed E-state index contributed by atoms with van der Waals surface area (Å²) in [6.07, 6.45) is 1.40. The summed E-state index contributed by atoms with van der Waals surface area (Å²) in [5.41, 5.74) is 0.0440. The fourth-order valence-electron chi connectivity index (χ4n) is 1.46. The van der Waals surface area contributed by atoms with Crippen molar-refractivity contribution in [2.24, 2.45) is 11.3 Å². The van der Waals surface area contributed by atoms with Gasteiger partial charge in [-0.1, -0.05) is 27.7 Å². The maximum atomic E-state index is 11.8. The lowest BCUT2D eigenvalue weighted by Crippen LogP contribution is -2.46. The standard InChI is InChI=1S/C14H27N3O/c1-11(2)9-16-13(18)12(3)17-10-14(4,5)7-6-8-15/h11-12,17H,6-7,9-10H2,1-5H3,(H,16,18). The molecule has 1 atom stereocenters. The second kappa shape index (κ2) is 8.10. The summed E-state index contributed by atoms with van der Waals surface area (Å²) in [6.45, 7) is 11.7. The summed E-state index contributed by atoms with van der Waals surface area (Å²) in [6, 6.07) is 1.97. The van der Waals surface area contributed by atoms with Gasteiger partial charge in [0.05, 0.1) is 12.1 Å². The van der Waals surface area contributed by atoms with Crippen LogP contribution < -0.4 is 10.6 Å². The molecule has 2 N–H and O–H groups in total. The molecule has 0 aromatic heterocycles. The van der Waals surface area contributed by atoms with E-state index < -0.39 is 0 Å². The Morgan fingerprint density at radius 1 is 1.33 bits per heavy atom. The molecule has 4 heteroatoms. The predicted octanol–water partition coefficient (Wildman–Crippen LogP) is 2.07. The van der Waals surface area contributed by atoms with Crippen molar-refractivity contribution >= 4 is 5.91 Å². The van der Waals surface area contributed by atoms with E-state index in [9.17, 15) is 4.79 Å². The number of nitrogens with zero attached hydrogens (tertiary/aromatic N) is 1. The third-order valence-electron chi connectivity index (χ3n) is 2.88. The van der Waals surface area contributed by atoms with Gasteiger partial charge < -0.3 is 10.6 Å². The molecule has 0 saturated carbocycles. The molecule has 4 nitrogen and oxygen atoms in total. The SMILES string of the molecule is CC(C)CNC(=O)C(C)NCC(C)(C)CCC#N. The number of nitriles is 1. The average molecular weight is 253 g/mol. The number of rotatable bonds is 8. The van der Waals surface area contributed by atoms with E-state index >= 15 is 0 Å². The van der Waals surface area contributed by atoms with E-state index in [-0.39, 0.29) is 17.4 Å². The summed E-state index contributed by atoms with van der Waals surface area (Å²) in [5, 5.41) is 14.7. The van der Waals surface area contributed by atoms with E-state index in [1.54, 1.807) is 0 Å². The van der Waals surface area contributed by atoms with Crippen LogP contribution >= 0.6 is 0 Å². The molecule has 18 heavy (non-hydrogen) atoms. The Balaban J connectivity index is 3.97. The Labute approximate surface area is 111 Å². The highest BCUT2D eigenvalue weighted by atomic mass is 16.2. The van der Waals surface area contributed by atoms with Crippen LogP contribution in [0, 0.1) is 22.7 Å². The second-order valence-electron chi connectivity index (χ2n) is 6.06. The van der Waals surface area contributed by atoms with E-state index in [1.807, 2.05) is 6.92 Å². The molecule has 0 spiro atoms. The van der Waals surface area contributed by atoms with E-state index in [2.05, 4.69) is 44.4 Å². The molecule has 0 radical (unpaired) electrons. The molecule has 1 unspecified atom stereocenters. The largest absolute Gasteiger partial charge is 0.354 e. The molecule has 0 aliphatic rings. The van der Waals surface area contributed by atoms with Crippen LogP contribution in [0.3, 0.4) is 0 Å². The first kappa shape index (κ1) is 16.9. The Kier molecular flexibility index (Phi) is 7.61. The smallest absolute Gasteiger partial charge is 0.236 e. The Bertz CT molecular complexity index is 292. The zero-order valence-electron chi connectivity index (χ0n) is 12.3. The van der Waals surface area contributed by atoms with Crippen molar-refractivity contribution in [3.05, 3.63) is 0 Å². The molecular weight excluding hydrogens is 226 g/mol. The molecule has 0 aromatic carbocycles. The van der Waals surface area contributed by atoms with Crippen molar-refractivity contribution in [2.45, 2.75) is 53.5 Å². The minimum Gasteiger partial charge on any atom is -0.354 e. The molecule has 0 rings (SSSR count). The summed E-state index contributed by atoms with van der Waals surface area (Å²) in [5.74, 6) is 0.507. The predicted molar refractivity (Wildman–Crippen MR) is 73.9 cm³/mol. The topological polar surface area (TPSA) is 64.9 Å². The maximum Gasteiger partial charge on any atom is 0.236 e. The van der Waals surface area contributed by atoms with Crippen molar-refractivity contribution in [1.82, 2.24) is 10.6 Å². The number of hydrogen-bond acceptors (Lipinski definition) is 3. The first-order valence-corrected chi connectivity index (χ1v) is 6.66. The van der Waals surface area contributed by atoms with Crippen LogP contribution in [0.2, 0.25) is 0 Å². The van der Waals surface area contributed by atoms with E-state index in [0.29, 0.717) is 18.9 Å². The third kappa shape index (κ3) is 8.08. The second-order valence-corrected chi connectivity index (χ2v) is 6.06. The third-order valence-corrected chi connectivity index (χ3v) is 2.88. The lowest BCUT2D eigenvalue weighted by atomic mass is 9.88. The highest BCUT2D eigenvalue weighted by Gasteiger charge is 2.20. The Morgan fingerprint density at radius 2 is 1.94 bits per heavy atom. The molecule has 0 aliphatic carbocycles. The van der Waals surface area contributed by atoms with Gasteiger partial charge in [-0.2, -0.15) is 5.26 Å². The lowest BCUT2D eigenvalue weighted by Gasteiger charge is -2.26. The molecule has 0 saturated heterocycles. The Hall–Kier alpha value is -1.08. The van der Waals surface area contributed by atoms with Crippen LogP contribution in [-0.2, 0) is 4.79 Å². The minimum atomic E-state index is -0.190. The summed E-state index contributed by atoms with van der Waals surface area (Å²) < 4.78 is 0. The fourth-order valence-corrected chi connectivity index (χ4v) is 1.46. The van der Waals surface area contributed by atoms with Crippen LogP contribution in [0.15, 0.2) is 0 Å². The normalized spacial score (nSPS) is 13.2. The molecular formula is C14H27N3O. The van der Waals surface area contributed by atoms with Crippen molar-refractivity contribution in [3.8, 4) is 6.07 Å². The number of hydrogen-bond donors (Lipinski definition) is 2. The fraction of sp³-hybridized carbons (Fsp3) is 0.857. The van der Waals surface area contributed by atoms with Crippen LogP contribution in [-0.4, -0.2) is 25.0 Å². The van der Waals surface area contributed by atoms with Crippen molar-refractivity contribution in [3.63, 3.8) is 0 Å². The quantitative estimate of drug-likeness (QED) is 0.696. The van der Waals surface area contributed by atoms with Gasteiger partial charge in [0.15, 0.2) is 0 Å². The summed E-state index contributed by atoms with van der Waals surface area (Å²) in [4.78, 5) is 11.8. The van der Waals surface area contributed by atoms with Gasteiger partial charge in [0.1, 0.15) is 0 Å². The molecule has 0 heterocycles. The highest BCUT2D eigenvalue weighted by Crippen LogP contribution is 2.20. The van der Waals surface area contributed by atoms with Crippen LogP contribution in [0.25, 0.3) is 0 Å². The van der Waals surface area contributed by atoms with Gasteiger partial charge in [-0.05, 0) is 24.7 Å². The van der Waals surface area contributed by atoms with Crippen LogP contribution in [0.4, 0.5) is 0 Å². The van der Waals surface area contributed by atoms with Gasteiger partial charge in [0.2, 0.25) is 5.91 Å². The summed E-state index contributed by atoms with van der Waals surface area (Å²) in [7, 11) is 0. The van der Waals surface area contributed by atoms with Crippen LogP contribution in [0.5, 0.6) is 0 Å².